The Labute approximate surface area is 64.1 Å². The molecule has 0 fully saturated rings. The van der Waals surface area contributed by atoms with Crippen LogP contribution in [0.1, 0.15) is 0 Å². The van der Waals surface area contributed by atoms with Crippen LogP contribution in [0.3, 0.4) is 0 Å². The third-order valence-electron chi connectivity index (χ3n) is 0. The Morgan fingerprint density at radius 3 is 1.00 bits per heavy atom. The van der Waals surface area contributed by atoms with Crippen LogP contribution < -0.4 is 0 Å². The number of hydrogen-bond donors (Lipinski definition) is 0. The van der Waals surface area contributed by atoms with E-state index in [0.29, 0.717) is 0 Å². The summed E-state index contributed by atoms with van der Waals surface area (Å²) in [5.41, 5.74) is 0. The molecule has 1 atom stereocenters. The van der Waals surface area contributed by atoms with Crippen molar-refractivity contribution in [3.8, 4) is 0 Å². The molecule has 4 heavy (non-hydrogen) atoms. The third kappa shape index (κ3) is 8.92. The minimum absolute atomic E-state index is 0. The first-order valence-corrected chi connectivity index (χ1v) is 0. The van der Waals surface area contributed by atoms with Crippen LogP contribution in [0.5, 0.6) is 0 Å². The van der Waals surface area contributed by atoms with Gasteiger partial charge in [0.15, 0.2) is 0 Å². The summed E-state index contributed by atoms with van der Waals surface area (Å²) in [5.74, 6) is 0. The van der Waals surface area contributed by atoms with Gasteiger partial charge >= 0.3 is 0 Å². The van der Waals surface area contributed by atoms with Gasteiger partial charge in [-0.15, -0.1) is 0 Å². The van der Waals surface area contributed by atoms with E-state index in [-0.39, 0.29) is 64.5 Å². The first-order chi connectivity index (χ1) is 0. The maximum absolute atomic E-state index is 0. The average molecular weight is 252 g/mol. The van der Waals surface area contributed by atoms with E-state index >= 15 is 0 Å². The van der Waals surface area contributed by atoms with Gasteiger partial charge in [-0.3, -0.25) is 0 Å². The van der Waals surface area contributed by atoms with Crippen LogP contribution in [0.15, 0.2) is 0 Å². The fourth-order valence-corrected chi connectivity index (χ4v) is 0. The molecule has 0 nitrogen and oxygen atoms in total. The number of rotatable bonds is 0. The van der Waals surface area contributed by atoms with Crippen molar-refractivity contribution in [2.24, 2.45) is 0 Å². The minimum atomic E-state index is 0. The van der Waals surface area contributed by atoms with Gasteiger partial charge in [-0.1, -0.05) is 0 Å². The predicted octanol–water partition coefficient (Wildman–Crippen LogP) is 0.0506. The van der Waals surface area contributed by atoms with E-state index in [9.17, 15) is 0 Å². The Balaban J connectivity index is 0. The van der Waals surface area contributed by atoms with E-state index in [1.165, 1.54) is 0 Å². The minimum Gasteiger partial charge on any atom is -0.153 e. The summed E-state index contributed by atoms with van der Waals surface area (Å²) in [5, 5.41) is 0. The summed E-state index contributed by atoms with van der Waals surface area (Å²) in [7, 11) is 0. The first kappa shape index (κ1) is 35.5. The monoisotopic (exact) mass is 253 g/mol. The van der Waals surface area contributed by atoms with Gasteiger partial charge in [0.2, 0.25) is 0 Å². The molecule has 0 N–H and O–H groups in total. The van der Waals surface area contributed by atoms with Gasteiger partial charge in [0.1, 0.15) is 0 Å². The predicted molar refractivity (Wildman–Crippen MR) is 11.1 cm³/mol. The summed E-state index contributed by atoms with van der Waals surface area (Å²) >= 11 is 0. The Hall–Kier alpha value is 2.13. The second-order valence-corrected chi connectivity index (χ2v) is 0. The molecule has 0 heterocycles. The van der Waals surface area contributed by atoms with Crippen molar-refractivity contribution in [2.45, 2.75) is 0 Å². The van der Waals surface area contributed by atoms with Crippen LogP contribution in [-0.4, -0.2) is 0 Å². The van der Waals surface area contributed by atoms with Crippen LogP contribution in [0, 0.1) is 0 Å². The maximum atomic E-state index is 0. The Morgan fingerprint density at radius 1 is 1.00 bits per heavy atom. The smallest absolute Gasteiger partial charge is 0 e. The van der Waals surface area contributed by atoms with Crippen molar-refractivity contribution in [2.75, 3.05) is 0 Å². The standard InChI is InChI=1S/Cu.Mo.Ni.H3P/h;;;1H3. The SMILES string of the molecule is P.[Cu].[Mo].[Ni]. The van der Waals surface area contributed by atoms with Crippen LogP contribution in [0.25, 0.3) is 0 Å². The van der Waals surface area contributed by atoms with E-state index < -0.39 is 0 Å². The summed E-state index contributed by atoms with van der Waals surface area (Å²) in [6, 6.07) is 0. The molecule has 0 aliphatic carbocycles. The average Bonchev–Trinajstić information content (AvgIpc) is 0. The fraction of sp³-hybridized carbons (Fsp3) is 0. The molecule has 0 aromatic heterocycles. The van der Waals surface area contributed by atoms with E-state index in [4.69, 9.17) is 0 Å². The summed E-state index contributed by atoms with van der Waals surface area (Å²) in [6.07, 6.45) is 0. The van der Waals surface area contributed by atoms with E-state index in [0.717, 1.165) is 0 Å². The van der Waals surface area contributed by atoms with Gasteiger partial charge in [0, 0.05) is 54.6 Å². The Morgan fingerprint density at radius 2 is 1.00 bits per heavy atom. The van der Waals surface area contributed by atoms with Crippen molar-refractivity contribution in [3.63, 3.8) is 0 Å². The summed E-state index contributed by atoms with van der Waals surface area (Å²) in [4.78, 5) is 0. The first-order valence-electron chi connectivity index (χ1n) is 0. The van der Waals surface area contributed by atoms with Crippen LogP contribution in [0.2, 0.25) is 0 Å². The second-order valence-electron chi connectivity index (χ2n) is 0. The zero-order chi connectivity index (χ0) is 0. The largest absolute Gasteiger partial charge is 0.153 e. The molecule has 0 saturated carbocycles. The van der Waals surface area contributed by atoms with Gasteiger partial charge in [0.05, 0.1) is 0 Å². The molecule has 35 valence electrons. The molecular weight excluding hydrogens is 249 g/mol. The van der Waals surface area contributed by atoms with E-state index in [1.807, 2.05) is 0 Å². The van der Waals surface area contributed by atoms with Crippen molar-refractivity contribution in [1.29, 1.82) is 0 Å². The molecule has 0 aromatic carbocycles. The molecule has 1 radical (unpaired) electrons. The molecule has 0 bridgehead atoms. The quantitative estimate of drug-likeness (QED) is 0.422. The normalized spacial score (nSPS) is 0. The fourth-order valence-electron chi connectivity index (χ4n) is 0. The van der Waals surface area contributed by atoms with Crippen LogP contribution in [-0.2, 0) is 54.6 Å². The van der Waals surface area contributed by atoms with Gasteiger partial charge in [-0.2, -0.15) is 9.90 Å². The van der Waals surface area contributed by atoms with Gasteiger partial charge in [-0.25, -0.2) is 0 Å². The van der Waals surface area contributed by atoms with Crippen LogP contribution in [0.4, 0.5) is 0 Å². The van der Waals surface area contributed by atoms with Gasteiger partial charge in [0.25, 0.3) is 0 Å². The van der Waals surface area contributed by atoms with E-state index in [2.05, 4.69) is 0 Å². The summed E-state index contributed by atoms with van der Waals surface area (Å²) < 4.78 is 0. The Bertz CT molecular complexity index is 8.00. The summed E-state index contributed by atoms with van der Waals surface area (Å²) in [6.45, 7) is 0. The van der Waals surface area contributed by atoms with Gasteiger partial charge < -0.3 is 0 Å². The molecule has 0 amide bonds. The zero-order valence-corrected chi connectivity index (χ0v) is 7.08. The molecule has 0 rings (SSSR count). The third-order valence-corrected chi connectivity index (χ3v) is 0. The van der Waals surface area contributed by atoms with Crippen molar-refractivity contribution >= 4 is 9.90 Å². The molecule has 4 heteroatoms. The molecule has 0 aromatic rings. The zero-order valence-electron chi connectivity index (χ0n) is 1.73. The van der Waals surface area contributed by atoms with Gasteiger partial charge in [-0.05, 0) is 0 Å². The van der Waals surface area contributed by atoms with E-state index in [1.54, 1.807) is 0 Å². The van der Waals surface area contributed by atoms with Crippen molar-refractivity contribution < 1.29 is 54.6 Å². The number of hydrogen-bond acceptors (Lipinski definition) is 0. The Kier molecular flexibility index (Phi) is 171. The molecule has 0 aliphatic rings. The van der Waals surface area contributed by atoms with Crippen LogP contribution >= 0.6 is 9.90 Å². The maximum Gasteiger partial charge on any atom is 0 e. The molecule has 0 spiro atoms. The topological polar surface area (TPSA) is 0 Å². The molecule has 0 aliphatic heterocycles. The molecule has 0 saturated heterocycles. The molecular formula is H3CuMoNiP. The second kappa shape index (κ2) is 19.3. The molecule has 1 unspecified atom stereocenters. The van der Waals surface area contributed by atoms with Crippen molar-refractivity contribution in [3.05, 3.63) is 0 Å². The van der Waals surface area contributed by atoms with Crippen molar-refractivity contribution in [1.82, 2.24) is 0 Å².